The molecule has 0 aliphatic carbocycles. The maximum absolute atomic E-state index is 12.1. The number of nitrogens with zero attached hydrogens (tertiary/aromatic N) is 1. The Hall–Kier alpha value is -3.59. The lowest BCUT2D eigenvalue weighted by Gasteiger charge is -2.18. The molecule has 0 radical (unpaired) electrons. The molecule has 0 fully saturated rings. The number of halogens is 1. The first-order valence-electron chi connectivity index (χ1n) is 17.7. The van der Waals surface area contributed by atoms with Crippen molar-refractivity contribution >= 4 is 17.0 Å². The molecule has 0 aliphatic heterocycles. The molecule has 0 saturated heterocycles. The van der Waals surface area contributed by atoms with Crippen LogP contribution in [0.2, 0.25) is 0 Å². The number of rotatable bonds is 15. The zero-order chi connectivity index (χ0) is 34.9. The summed E-state index contributed by atoms with van der Waals surface area (Å²) in [5, 5.41) is 3.58. The molecule has 254 valence electrons. The fourth-order valence-electron chi connectivity index (χ4n) is 5.30. The van der Waals surface area contributed by atoms with E-state index in [9.17, 15) is 4.39 Å². The lowest BCUT2D eigenvalue weighted by Crippen LogP contribution is -2.09. The number of anilines is 1. The van der Waals surface area contributed by atoms with Crippen molar-refractivity contribution in [1.82, 2.24) is 4.57 Å². The van der Waals surface area contributed by atoms with Crippen LogP contribution in [0.1, 0.15) is 117 Å². The molecule has 1 N–H and O–H groups in total. The van der Waals surface area contributed by atoms with Gasteiger partial charge in [-0.1, -0.05) is 129 Å². The molecule has 3 aromatic rings. The molecule has 2 atom stereocenters. The van der Waals surface area contributed by atoms with Crippen LogP contribution in [0.5, 0.6) is 0 Å². The van der Waals surface area contributed by atoms with E-state index in [0.29, 0.717) is 11.8 Å². The Labute approximate surface area is 283 Å². The summed E-state index contributed by atoms with van der Waals surface area (Å²) in [7, 11) is 0. The lowest BCUT2D eigenvalue weighted by molar-refractivity contribution is 0.377. The number of para-hydroxylation sites is 1. The Morgan fingerprint density at radius 1 is 0.913 bits per heavy atom. The predicted molar refractivity (Wildman–Crippen MR) is 207 cm³/mol. The van der Waals surface area contributed by atoms with Gasteiger partial charge in [0, 0.05) is 40.9 Å². The van der Waals surface area contributed by atoms with Crippen LogP contribution in [0.25, 0.3) is 11.3 Å². The van der Waals surface area contributed by atoms with Crippen LogP contribution in [0.4, 0.5) is 10.1 Å². The molecule has 0 aliphatic rings. The van der Waals surface area contributed by atoms with Crippen molar-refractivity contribution in [3.05, 3.63) is 126 Å². The van der Waals surface area contributed by atoms with Crippen molar-refractivity contribution in [1.29, 1.82) is 0 Å². The van der Waals surface area contributed by atoms with Crippen molar-refractivity contribution in [2.75, 3.05) is 5.32 Å². The number of benzene rings is 2. The summed E-state index contributed by atoms with van der Waals surface area (Å²) in [5.41, 5.74) is 8.31. The Kier molecular flexibility index (Phi) is 23.6. The zero-order valence-corrected chi connectivity index (χ0v) is 30.9. The van der Waals surface area contributed by atoms with Crippen LogP contribution < -0.4 is 5.32 Å². The molecule has 2 nitrogen and oxygen atoms in total. The summed E-state index contributed by atoms with van der Waals surface area (Å²) in [6.07, 6.45) is 17.8. The topological polar surface area (TPSA) is 17.0 Å². The average Bonchev–Trinajstić information content (AvgIpc) is 3.45. The number of hydrogen-bond donors (Lipinski definition) is 1. The fourth-order valence-corrected chi connectivity index (χ4v) is 5.30. The van der Waals surface area contributed by atoms with Gasteiger partial charge in [-0.15, -0.1) is 6.58 Å². The normalized spacial score (nSPS) is 12.0. The van der Waals surface area contributed by atoms with E-state index in [0.717, 1.165) is 49.2 Å². The molecule has 3 heteroatoms. The molecule has 0 spiro atoms. The molecular weight excluding hydrogens is 563 g/mol. The summed E-state index contributed by atoms with van der Waals surface area (Å²) in [6, 6.07) is 16.8. The van der Waals surface area contributed by atoms with Crippen LogP contribution in [0.15, 0.2) is 98.3 Å². The van der Waals surface area contributed by atoms with E-state index in [4.69, 9.17) is 0 Å². The van der Waals surface area contributed by atoms with Crippen LogP contribution in [-0.2, 0) is 13.0 Å². The van der Waals surface area contributed by atoms with Gasteiger partial charge in [-0.05, 0) is 87.1 Å². The van der Waals surface area contributed by atoms with Gasteiger partial charge >= 0.3 is 0 Å². The van der Waals surface area contributed by atoms with Gasteiger partial charge in [-0.3, -0.25) is 0 Å². The van der Waals surface area contributed by atoms with Crippen molar-refractivity contribution in [3.8, 4) is 0 Å². The van der Waals surface area contributed by atoms with Crippen molar-refractivity contribution < 1.29 is 4.39 Å². The second-order valence-corrected chi connectivity index (χ2v) is 11.3. The molecule has 2 aromatic carbocycles. The Balaban J connectivity index is 0.00000143. The Morgan fingerprint density at radius 2 is 1.54 bits per heavy atom. The standard InChI is InChI=1S/C32H46N2.C7H7F.2C2H6/c1-8-12-18-28(17-10-3)30-24-34(22-21-26(6)23-25(5)16-9-2)31(11-4)32(30)27(7)33-29-19-14-13-15-20-29;1-6-2-4-7(8)5-3-6;2*1-2/h9,12-15,17-20,24-26,33H,2,7-8,10-11,16,21-23H2,1,3-6H3;2-5H,1H3;2*1-2H3/b18-12-,28-17+;;;. The summed E-state index contributed by atoms with van der Waals surface area (Å²) >= 11 is 0. The lowest BCUT2D eigenvalue weighted by atomic mass is 9.92. The third-order valence-electron chi connectivity index (χ3n) is 7.41. The summed E-state index contributed by atoms with van der Waals surface area (Å²) in [5.74, 6) is 1.21. The summed E-state index contributed by atoms with van der Waals surface area (Å²) < 4.78 is 14.6. The van der Waals surface area contributed by atoms with Gasteiger partial charge in [0.1, 0.15) is 5.82 Å². The average molecular weight is 629 g/mol. The van der Waals surface area contributed by atoms with Gasteiger partial charge in [-0.25, -0.2) is 4.39 Å². The first kappa shape index (κ1) is 42.4. The molecule has 0 bridgehead atoms. The summed E-state index contributed by atoms with van der Waals surface area (Å²) in [6.45, 7) is 30.7. The minimum absolute atomic E-state index is 0.171. The van der Waals surface area contributed by atoms with Crippen molar-refractivity contribution in [2.24, 2.45) is 11.8 Å². The molecule has 46 heavy (non-hydrogen) atoms. The summed E-state index contributed by atoms with van der Waals surface area (Å²) in [4.78, 5) is 0. The minimum atomic E-state index is -0.171. The van der Waals surface area contributed by atoms with E-state index >= 15 is 0 Å². The maximum Gasteiger partial charge on any atom is 0.123 e. The first-order chi connectivity index (χ1) is 22.2. The third-order valence-corrected chi connectivity index (χ3v) is 7.41. The van der Waals surface area contributed by atoms with Gasteiger partial charge < -0.3 is 9.88 Å². The van der Waals surface area contributed by atoms with Gasteiger partial charge in [0.25, 0.3) is 0 Å². The number of nitrogens with one attached hydrogen (secondary N) is 1. The van der Waals surface area contributed by atoms with Crippen LogP contribution >= 0.6 is 0 Å². The van der Waals surface area contributed by atoms with E-state index in [2.05, 4.69) is 106 Å². The van der Waals surface area contributed by atoms with Crippen LogP contribution in [-0.4, -0.2) is 4.57 Å². The highest BCUT2D eigenvalue weighted by Gasteiger charge is 2.20. The molecule has 2 unspecified atom stereocenters. The van der Waals surface area contributed by atoms with Crippen LogP contribution in [0, 0.1) is 24.6 Å². The van der Waals surface area contributed by atoms with Gasteiger partial charge in [0.2, 0.25) is 0 Å². The molecule has 0 amide bonds. The third kappa shape index (κ3) is 15.6. The second-order valence-electron chi connectivity index (χ2n) is 11.3. The van der Waals surface area contributed by atoms with Gasteiger partial charge in [-0.2, -0.15) is 0 Å². The Bertz CT molecular complexity index is 1260. The van der Waals surface area contributed by atoms with E-state index in [-0.39, 0.29) is 5.82 Å². The van der Waals surface area contributed by atoms with Gasteiger partial charge in [0.15, 0.2) is 0 Å². The molecule has 3 rings (SSSR count). The van der Waals surface area contributed by atoms with Crippen molar-refractivity contribution in [2.45, 2.75) is 114 Å². The smallest absolute Gasteiger partial charge is 0.123 e. The van der Waals surface area contributed by atoms with Gasteiger partial charge in [0.05, 0.1) is 0 Å². The quantitative estimate of drug-likeness (QED) is 0.131. The van der Waals surface area contributed by atoms with Crippen LogP contribution in [0.3, 0.4) is 0 Å². The molecule has 0 saturated carbocycles. The molecular formula is C43H65FN2. The van der Waals surface area contributed by atoms with E-state index < -0.39 is 0 Å². The predicted octanol–water partition coefficient (Wildman–Crippen LogP) is 13.7. The fraction of sp³-hybridized carbons (Fsp3) is 0.442. The van der Waals surface area contributed by atoms with E-state index in [1.807, 2.05) is 46.8 Å². The number of hydrogen-bond acceptors (Lipinski definition) is 1. The van der Waals surface area contributed by atoms with E-state index in [1.54, 1.807) is 12.1 Å². The SMILES string of the molecule is C=CCC(C)CC(C)CCn1cc(C(/C=C\CC)=C/CC)c(C(=C)Nc2ccccc2)c1CC.CC.CC.Cc1ccc(F)cc1. The Morgan fingerprint density at radius 3 is 2.07 bits per heavy atom. The monoisotopic (exact) mass is 629 g/mol. The maximum atomic E-state index is 12.1. The second kappa shape index (κ2) is 25.6. The first-order valence-corrected chi connectivity index (χ1v) is 17.7. The highest BCUT2D eigenvalue weighted by Crippen LogP contribution is 2.33. The minimum Gasteiger partial charge on any atom is -0.355 e. The number of aromatic nitrogens is 1. The molecule has 1 aromatic heterocycles. The van der Waals surface area contributed by atoms with Crippen molar-refractivity contribution in [3.63, 3.8) is 0 Å². The number of allylic oxidation sites excluding steroid dienone is 5. The highest BCUT2D eigenvalue weighted by atomic mass is 19.1. The van der Waals surface area contributed by atoms with E-state index in [1.165, 1.54) is 47.4 Å². The zero-order valence-electron chi connectivity index (χ0n) is 30.9. The molecule has 1 heterocycles. The highest BCUT2D eigenvalue weighted by molar-refractivity contribution is 5.88. The number of aryl methyl sites for hydroxylation is 2. The largest absolute Gasteiger partial charge is 0.355 e.